The SMILES string of the molecule is CCC1(C)CN(CCC(C)C)C(C)CCN1. The highest BCUT2D eigenvalue weighted by atomic mass is 15.2. The topological polar surface area (TPSA) is 15.3 Å². The molecule has 0 spiro atoms. The average Bonchev–Trinajstić information content (AvgIpc) is 2.36. The van der Waals surface area contributed by atoms with Crippen molar-refractivity contribution in [2.75, 3.05) is 19.6 Å². The normalized spacial score (nSPS) is 33.0. The summed E-state index contributed by atoms with van der Waals surface area (Å²) in [5.74, 6) is 0.816. The summed E-state index contributed by atoms with van der Waals surface area (Å²) >= 11 is 0. The number of nitrogens with one attached hydrogen (secondary N) is 1. The first-order valence-electron chi connectivity index (χ1n) is 6.96. The second-order valence-corrected chi connectivity index (χ2v) is 6.13. The molecular weight excluding hydrogens is 196 g/mol. The fourth-order valence-electron chi connectivity index (χ4n) is 2.39. The van der Waals surface area contributed by atoms with Crippen LogP contribution in [-0.4, -0.2) is 36.1 Å². The monoisotopic (exact) mass is 226 g/mol. The molecule has 1 N–H and O–H groups in total. The lowest BCUT2D eigenvalue weighted by Gasteiger charge is -2.35. The van der Waals surface area contributed by atoms with Crippen LogP contribution < -0.4 is 5.32 Å². The molecule has 96 valence electrons. The molecule has 0 aromatic rings. The van der Waals surface area contributed by atoms with E-state index in [1.807, 2.05) is 0 Å². The van der Waals surface area contributed by atoms with Crippen molar-refractivity contribution in [3.63, 3.8) is 0 Å². The highest BCUT2D eigenvalue weighted by Gasteiger charge is 2.29. The maximum absolute atomic E-state index is 3.71. The van der Waals surface area contributed by atoms with Gasteiger partial charge in [-0.05, 0) is 52.1 Å². The van der Waals surface area contributed by atoms with Crippen LogP contribution in [0.25, 0.3) is 0 Å². The number of hydrogen-bond donors (Lipinski definition) is 1. The molecule has 1 aliphatic rings. The number of nitrogens with zero attached hydrogens (tertiary/aromatic N) is 1. The van der Waals surface area contributed by atoms with E-state index in [-0.39, 0.29) is 0 Å². The van der Waals surface area contributed by atoms with Gasteiger partial charge < -0.3 is 5.32 Å². The predicted molar refractivity (Wildman–Crippen MR) is 71.8 cm³/mol. The molecule has 1 aliphatic heterocycles. The third-order valence-electron chi connectivity index (χ3n) is 4.06. The Morgan fingerprint density at radius 2 is 2.12 bits per heavy atom. The molecule has 2 atom stereocenters. The minimum absolute atomic E-state index is 0.321. The fraction of sp³-hybridized carbons (Fsp3) is 1.00. The van der Waals surface area contributed by atoms with Crippen LogP contribution in [0.2, 0.25) is 0 Å². The van der Waals surface area contributed by atoms with Gasteiger partial charge in [0.05, 0.1) is 0 Å². The summed E-state index contributed by atoms with van der Waals surface area (Å²) in [5, 5.41) is 3.71. The molecule has 0 aromatic heterocycles. The highest BCUT2D eigenvalue weighted by Crippen LogP contribution is 2.19. The third-order valence-corrected chi connectivity index (χ3v) is 4.06. The van der Waals surface area contributed by atoms with Crippen LogP contribution in [-0.2, 0) is 0 Å². The third kappa shape index (κ3) is 4.06. The van der Waals surface area contributed by atoms with Gasteiger partial charge in [-0.2, -0.15) is 0 Å². The van der Waals surface area contributed by atoms with E-state index >= 15 is 0 Å². The van der Waals surface area contributed by atoms with Crippen molar-refractivity contribution in [1.29, 1.82) is 0 Å². The van der Waals surface area contributed by atoms with Crippen molar-refractivity contribution in [2.24, 2.45) is 5.92 Å². The van der Waals surface area contributed by atoms with Crippen LogP contribution in [0.15, 0.2) is 0 Å². The Morgan fingerprint density at radius 1 is 1.44 bits per heavy atom. The van der Waals surface area contributed by atoms with Gasteiger partial charge >= 0.3 is 0 Å². The molecular formula is C14H30N2. The largest absolute Gasteiger partial charge is 0.310 e. The van der Waals surface area contributed by atoms with E-state index in [0.29, 0.717) is 5.54 Å². The predicted octanol–water partition coefficient (Wildman–Crippen LogP) is 2.89. The zero-order valence-electron chi connectivity index (χ0n) is 11.8. The van der Waals surface area contributed by atoms with Crippen molar-refractivity contribution in [2.45, 2.75) is 65.5 Å². The quantitative estimate of drug-likeness (QED) is 0.793. The maximum atomic E-state index is 3.71. The smallest absolute Gasteiger partial charge is 0.0277 e. The first-order chi connectivity index (χ1) is 7.47. The van der Waals surface area contributed by atoms with Gasteiger partial charge in [-0.1, -0.05) is 20.8 Å². The summed E-state index contributed by atoms with van der Waals surface area (Å²) in [6.45, 7) is 15.3. The zero-order chi connectivity index (χ0) is 12.2. The van der Waals surface area contributed by atoms with E-state index in [0.717, 1.165) is 12.0 Å². The van der Waals surface area contributed by atoms with Crippen molar-refractivity contribution >= 4 is 0 Å². The number of rotatable bonds is 4. The zero-order valence-corrected chi connectivity index (χ0v) is 11.8. The van der Waals surface area contributed by atoms with Gasteiger partial charge in [0.2, 0.25) is 0 Å². The Kier molecular flexibility index (Phi) is 5.26. The van der Waals surface area contributed by atoms with Gasteiger partial charge in [-0.15, -0.1) is 0 Å². The molecule has 0 amide bonds. The maximum Gasteiger partial charge on any atom is 0.0277 e. The first-order valence-corrected chi connectivity index (χ1v) is 6.96. The van der Waals surface area contributed by atoms with E-state index in [1.165, 1.54) is 38.9 Å². The number of hydrogen-bond acceptors (Lipinski definition) is 2. The van der Waals surface area contributed by atoms with E-state index in [4.69, 9.17) is 0 Å². The van der Waals surface area contributed by atoms with Crippen LogP contribution >= 0.6 is 0 Å². The van der Waals surface area contributed by atoms with Gasteiger partial charge in [-0.3, -0.25) is 4.90 Å². The Balaban J connectivity index is 2.56. The molecule has 2 unspecified atom stereocenters. The summed E-state index contributed by atoms with van der Waals surface area (Å²) in [4.78, 5) is 2.68. The summed E-state index contributed by atoms with van der Waals surface area (Å²) in [6.07, 6.45) is 3.83. The molecule has 16 heavy (non-hydrogen) atoms. The fourth-order valence-corrected chi connectivity index (χ4v) is 2.39. The van der Waals surface area contributed by atoms with Crippen LogP contribution in [0, 0.1) is 5.92 Å². The molecule has 1 heterocycles. The minimum Gasteiger partial charge on any atom is -0.310 e. The highest BCUT2D eigenvalue weighted by molar-refractivity contribution is 4.90. The van der Waals surface area contributed by atoms with Gasteiger partial charge in [0.1, 0.15) is 0 Å². The summed E-state index contributed by atoms with van der Waals surface area (Å²) in [7, 11) is 0. The molecule has 0 aromatic carbocycles. The van der Waals surface area contributed by atoms with E-state index in [9.17, 15) is 0 Å². The second-order valence-electron chi connectivity index (χ2n) is 6.13. The summed E-state index contributed by atoms with van der Waals surface area (Å²) in [5.41, 5.74) is 0.321. The van der Waals surface area contributed by atoms with Crippen molar-refractivity contribution < 1.29 is 0 Å². The van der Waals surface area contributed by atoms with Crippen molar-refractivity contribution in [3.8, 4) is 0 Å². The Hall–Kier alpha value is -0.0800. The molecule has 2 nitrogen and oxygen atoms in total. The summed E-state index contributed by atoms with van der Waals surface area (Å²) < 4.78 is 0. The van der Waals surface area contributed by atoms with Crippen LogP contribution in [0.1, 0.15) is 53.9 Å². The lowest BCUT2D eigenvalue weighted by atomic mass is 9.98. The molecule has 1 saturated heterocycles. The Labute approximate surface area is 102 Å². The van der Waals surface area contributed by atoms with Crippen molar-refractivity contribution in [1.82, 2.24) is 10.2 Å². The summed E-state index contributed by atoms with van der Waals surface area (Å²) in [6, 6.07) is 0.736. The van der Waals surface area contributed by atoms with Crippen molar-refractivity contribution in [3.05, 3.63) is 0 Å². The van der Waals surface area contributed by atoms with E-state index < -0.39 is 0 Å². The van der Waals surface area contributed by atoms with Crippen LogP contribution in [0.5, 0.6) is 0 Å². The van der Waals surface area contributed by atoms with Crippen LogP contribution in [0.3, 0.4) is 0 Å². The van der Waals surface area contributed by atoms with Gasteiger partial charge in [0.25, 0.3) is 0 Å². The lowest BCUT2D eigenvalue weighted by molar-refractivity contribution is 0.163. The van der Waals surface area contributed by atoms with E-state index in [2.05, 4.69) is 44.8 Å². The molecule has 0 aliphatic carbocycles. The van der Waals surface area contributed by atoms with Gasteiger partial charge in [-0.25, -0.2) is 0 Å². The molecule has 1 rings (SSSR count). The molecule has 1 fully saturated rings. The lowest BCUT2D eigenvalue weighted by Crippen LogP contribution is -2.49. The Bertz CT molecular complexity index is 203. The van der Waals surface area contributed by atoms with Gasteiger partial charge in [0, 0.05) is 18.1 Å². The second kappa shape index (κ2) is 6.02. The average molecular weight is 226 g/mol. The molecule has 0 bridgehead atoms. The van der Waals surface area contributed by atoms with Gasteiger partial charge in [0.15, 0.2) is 0 Å². The van der Waals surface area contributed by atoms with E-state index in [1.54, 1.807) is 0 Å². The molecule has 2 heteroatoms. The van der Waals surface area contributed by atoms with Crippen LogP contribution in [0.4, 0.5) is 0 Å². The minimum atomic E-state index is 0.321. The first kappa shape index (κ1) is 14.0. The Morgan fingerprint density at radius 3 is 2.69 bits per heavy atom. The standard InChI is InChI=1S/C14H30N2/c1-6-14(5)11-16(10-8-12(2)3)13(4)7-9-15-14/h12-13,15H,6-11H2,1-5H3. The molecule has 0 saturated carbocycles. The molecule has 0 radical (unpaired) electrons.